The fourth-order valence-electron chi connectivity index (χ4n) is 0.0680. The SMILES string of the molecule is O=S(=O)([Se-])OOS(=O)(=O)[Se-]. The minimum absolute atomic E-state index is 1.54. The Bertz CT molecular complexity index is 250. The molecule has 0 radical (unpaired) electrons. The molecule has 0 aromatic rings. The van der Waals surface area contributed by atoms with Gasteiger partial charge >= 0.3 is 72.4 Å². The van der Waals surface area contributed by atoms with Gasteiger partial charge in [-0.25, -0.2) is 0 Å². The van der Waals surface area contributed by atoms with E-state index in [0.717, 1.165) is 0 Å². The molecule has 0 unspecified atom stereocenters. The normalized spacial score (nSPS) is 13.4. The third-order valence-electron chi connectivity index (χ3n) is 0.194. The standard InChI is InChI=1S/H2O6S2Se2/c1-7(2,9)5-6-8(3,4)10/h(H,1,2,9)(H,3,4,10)/p-2. The summed E-state index contributed by atoms with van der Waals surface area (Å²) in [5, 5.41) is 0. The molecule has 6 nitrogen and oxygen atoms in total. The molecule has 0 aliphatic carbocycles. The second-order valence-corrected chi connectivity index (χ2v) is 8.00. The number of hydrogen-bond acceptors (Lipinski definition) is 6. The van der Waals surface area contributed by atoms with E-state index in [2.05, 4.69) is 8.67 Å². The summed E-state index contributed by atoms with van der Waals surface area (Å²) in [6.07, 6.45) is 0. The van der Waals surface area contributed by atoms with E-state index in [1.165, 1.54) is 29.8 Å². The molecule has 0 aromatic heterocycles. The topological polar surface area (TPSA) is 86.7 Å². The first-order valence-electron chi connectivity index (χ1n) is 1.50. The third-order valence-corrected chi connectivity index (χ3v) is 1.45. The summed E-state index contributed by atoms with van der Waals surface area (Å²) in [4.78, 5) is 0. The summed E-state index contributed by atoms with van der Waals surface area (Å²) in [5.41, 5.74) is 0. The summed E-state index contributed by atoms with van der Waals surface area (Å²) in [6.45, 7) is 0. The van der Waals surface area contributed by atoms with Crippen LogP contribution in [0, 0.1) is 0 Å². The monoisotopic (exact) mass is 320 g/mol. The Kier molecular flexibility index (Phi) is 3.81. The molecule has 0 aliphatic rings. The molecular weight excluding hydrogens is 318 g/mol. The molecule has 62 valence electrons. The zero-order valence-corrected chi connectivity index (χ0v) is 9.14. The molecule has 0 heterocycles. The number of rotatable bonds is 3. The molecule has 10 heteroatoms. The van der Waals surface area contributed by atoms with Crippen molar-refractivity contribution in [1.82, 2.24) is 0 Å². The first-order chi connectivity index (χ1) is 4.21. The zero-order chi connectivity index (χ0) is 8.41. The van der Waals surface area contributed by atoms with Crippen molar-refractivity contribution in [1.29, 1.82) is 0 Å². The van der Waals surface area contributed by atoms with Crippen LogP contribution in [0.25, 0.3) is 0 Å². The summed E-state index contributed by atoms with van der Waals surface area (Å²) in [5.74, 6) is 0. The Morgan fingerprint density at radius 1 is 0.800 bits per heavy atom. The van der Waals surface area contributed by atoms with E-state index < -0.39 is 17.1 Å². The van der Waals surface area contributed by atoms with Crippen LogP contribution in [-0.4, -0.2) is 46.6 Å². The Hall–Kier alpha value is 0.859. The van der Waals surface area contributed by atoms with Crippen LogP contribution < -0.4 is 0 Å². The predicted octanol–water partition coefficient (Wildman–Crippen LogP) is -2.24. The summed E-state index contributed by atoms with van der Waals surface area (Å²) in [7, 11) is -8.01. The Morgan fingerprint density at radius 2 is 1.00 bits per heavy atom. The summed E-state index contributed by atoms with van der Waals surface area (Å²) < 4.78 is 46.8. The molecule has 0 aliphatic heterocycles. The first kappa shape index (κ1) is 10.9. The molecule has 0 bridgehead atoms. The van der Waals surface area contributed by atoms with Crippen LogP contribution in [0.1, 0.15) is 0 Å². The Labute approximate surface area is 72.2 Å². The van der Waals surface area contributed by atoms with E-state index >= 15 is 0 Å². The van der Waals surface area contributed by atoms with Gasteiger partial charge in [0, 0.05) is 0 Å². The fraction of sp³-hybridized carbons (Fsp3) is 0. The van der Waals surface area contributed by atoms with Crippen molar-refractivity contribution >= 4 is 46.9 Å². The molecule has 0 spiro atoms. The van der Waals surface area contributed by atoms with E-state index in [4.69, 9.17) is 0 Å². The molecule has 0 amide bonds. The Balaban J connectivity index is 4.05. The van der Waals surface area contributed by atoms with Gasteiger partial charge in [-0.2, -0.15) is 0 Å². The second kappa shape index (κ2) is 3.50. The van der Waals surface area contributed by atoms with E-state index in [1.54, 1.807) is 0 Å². The van der Waals surface area contributed by atoms with Crippen LogP contribution in [0.5, 0.6) is 0 Å². The molecule has 0 fully saturated rings. The van der Waals surface area contributed by atoms with Gasteiger partial charge in [0.05, 0.1) is 0 Å². The van der Waals surface area contributed by atoms with Crippen molar-refractivity contribution < 1.29 is 25.5 Å². The van der Waals surface area contributed by atoms with E-state index in [-0.39, 0.29) is 0 Å². The van der Waals surface area contributed by atoms with Gasteiger partial charge in [0.25, 0.3) is 0 Å². The van der Waals surface area contributed by atoms with Crippen molar-refractivity contribution in [2.24, 2.45) is 0 Å². The van der Waals surface area contributed by atoms with Crippen molar-refractivity contribution in [3.8, 4) is 0 Å². The van der Waals surface area contributed by atoms with Crippen LogP contribution in [0.15, 0.2) is 0 Å². The molecule has 0 aromatic carbocycles. The first-order valence-corrected chi connectivity index (χ1v) is 8.36. The van der Waals surface area contributed by atoms with E-state index in [0.29, 0.717) is 0 Å². The molecule has 0 N–H and O–H groups in total. The zero-order valence-electron chi connectivity index (χ0n) is 4.08. The maximum absolute atomic E-state index is 10.00. The van der Waals surface area contributed by atoms with Crippen LogP contribution in [-0.2, 0) is 25.7 Å². The van der Waals surface area contributed by atoms with Crippen LogP contribution in [0.2, 0.25) is 0 Å². The predicted molar refractivity (Wildman–Crippen MR) is 31.5 cm³/mol. The average Bonchev–Trinajstić information content (AvgIpc) is 1.57. The third kappa shape index (κ3) is 8.86. The van der Waals surface area contributed by atoms with Gasteiger partial charge in [-0.3, -0.25) is 0 Å². The molecule has 10 heavy (non-hydrogen) atoms. The molecular formula is O6S2Se2-2. The number of hydrogen-bond donors (Lipinski definition) is 0. The minimum atomic E-state index is -4.00. The van der Waals surface area contributed by atoms with Crippen LogP contribution >= 0.6 is 0 Å². The molecule has 0 saturated heterocycles. The summed E-state index contributed by atoms with van der Waals surface area (Å²) >= 11 is 3.07. The quantitative estimate of drug-likeness (QED) is 0.332. The van der Waals surface area contributed by atoms with Gasteiger partial charge in [0.2, 0.25) is 0 Å². The Morgan fingerprint density at radius 3 is 1.10 bits per heavy atom. The fourth-order valence-corrected chi connectivity index (χ4v) is 1.47. The molecule has 0 rings (SSSR count). The van der Waals surface area contributed by atoms with Crippen molar-refractivity contribution in [2.45, 2.75) is 0 Å². The van der Waals surface area contributed by atoms with Gasteiger partial charge in [-0.1, -0.05) is 0 Å². The van der Waals surface area contributed by atoms with Gasteiger partial charge in [-0.05, 0) is 0 Å². The van der Waals surface area contributed by atoms with Crippen molar-refractivity contribution in [3.05, 3.63) is 0 Å². The second-order valence-electron chi connectivity index (χ2n) is 0.953. The van der Waals surface area contributed by atoms with E-state index in [1.807, 2.05) is 0 Å². The average molecular weight is 318 g/mol. The van der Waals surface area contributed by atoms with Gasteiger partial charge in [0.1, 0.15) is 0 Å². The van der Waals surface area contributed by atoms with Crippen LogP contribution in [0.4, 0.5) is 0 Å². The van der Waals surface area contributed by atoms with Gasteiger partial charge in [-0.15, -0.1) is 0 Å². The van der Waals surface area contributed by atoms with Crippen molar-refractivity contribution in [2.75, 3.05) is 0 Å². The van der Waals surface area contributed by atoms with Gasteiger partial charge < -0.3 is 0 Å². The van der Waals surface area contributed by atoms with Crippen LogP contribution in [0.3, 0.4) is 0 Å². The van der Waals surface area contributed by atoms with Gasteiger partial charge in [0.15, 0.2) is 0 Å². The summed E-state index contributed by atoms with van der Waals surface area (Å²) in [6, 6.07) is 0. The molecule has 0 atom stereocenters. The maximum atomic E-state index is 10.00. The van der Waals surface area contributed by atoms with Crippen molar-refractivity contribution in [3.63, 3.8) is 0 Å². The molecule has 0 saturated carbocycles. The van der Waals surface area contributed by atoms with E-state index in [9.17, 15) is 16.8 Å².